The van der Waals surface area contributed by atoms with E-state index in [0.717, 1.165) is 99.8 Å². The summed E-state index contributed by atoms with van der Waals surface area (Å²) in [4.78, 5) is 51.4. The van der Waals surface area contributed by atoms with E-state index in [-0.39, 0.29) is 35.5 Å². The van der Waals surface area contributed by atoms with E-state index < -0.39 is 11.9 Å². The van der Waals surface area contributed by atoms with Gasteiger partial charge in [0, 0.05) is 51.9 Å². The van der Waals surface area contributed by atoms with E-state index in [4.69, 9.17) is 0 Å². The van der Waals surface area contributed by atoms with Crippen molar-refractivity contribution in [1.29, 1.82) is 0 Å². The Hall–Kier alpha value is -5.26. The Morgan fingerprint density at radius 2 is 0.964 bits per heavy atom. The monoisotopic (exact) mass is 762 g/mol. The molecule has 12 heteroatoms. The third-order valence-corrected chi connectivity index (χ3v) is 12.1. The molecule has 2 N–H and O–H groups in total. The Balaban J connectivity index is 0.000000172. The maximum atomic E-state index is 12.4. The van der Waals surface area contributed by atoms with Crippen LogP contribution in [0.1, 0.15) is 144 Å². The highest BCUT2D eigenvalue weighted by Gasteiger charge is 2.35. The lowest BCUT2D eigenvalue weighted by atomic mass is 9.77. The summed E-state index contributed by atoms with van der Waals surface area (Å²) in [5.74, 6) is 0.0462. The molecule has 2 amide bonds. The zero-order chi connectivity index (χ0) is 39.7. The van der Waals surface area contributed by atoms with Crippen LogP contribution in [-0.4, -0.2) is 91.5 Å². The Morgan fingerprint density at radius 1 is 0.571 bits per heavy atom. The maximum Gasteiger partial charge on any atom is 0.339 e. The normalized spacial score (nSPS) is 22.1. The summed E-state index contributed by atoms with van der Waals surface area (Å²) in [6, 6.07) is 16.5. The van der Waals surface area contributed by atoms with Crippen molar-refractivity contribution in [2.75, 3.05) is 28.2 Å². The zero-order valence-electron chi connectivity index (χ0n) is 32.9. The number of nitrogens with zero attached hydrogens (tertiary/aromatic N) is 6. The minimum absolute atomic E-state index is 0.0859. The second-order valence-corrected chi connectivity index (χ2v) is 16.6. The molecule has 12 nitrogen and oxygen atoms in total. The highest BCUT2D eigenvalue weighted by Crippen LogP contribution is 2.44. The smallest absolute Gasteiger partial charge is 0.339 e. The molecule has 4 aromatic rings. The zero-order valence-corrected chi connectivity index (χ0v) is 32.9. The first-order chi connectivity index (χ1) is 26.9. The maximum absolute atomic E-state index is 12.4. The number of aromatic carboxylic acids is 2. The molecule has 0 spiro atoms. The predicted molar refractivity (Wildman–Crippen MR) is 212 cm³/mol. The number of carboxylic acids is 2. The first-order valence-electron chi connectivity index (χ1n) is 20.2. The van der Waals surface area contributed by atoms with Crippen LogP contribution in [0.2, 0.25) is 0 Å². The van der Waals surface area contributed by atoms with E-state index >= 15 is 0 Å². The van der Waals surface area contributed by atoms with E-state index in [1.807, 2.05) is 52.5 Å². The number of carboxylic acid groups (broad SMARTS) is 2. The van der Waals surface area contributed by atoms with Gasteiger partial charge >= 0.3 is 11.9 Å². The molecule has 2 heterocycles. The van der Waals surface area contributed by atoms with E-state index in [9.17, 15) is 29.4 Å². The Labute approximate surface area is 328 Å². The van der Waals surface area contributed by atoms with Gasteiger partial charge in [-0.2, -0.15) is 10.2 Å². The minimum atomic E-state index is -0.915. The van der Waals surface area contributed by atoms with Crippen molar-refractivity contribution in [3.8, 4) is 11.4 Å². The topological polar surface area (TPSA) is 151 Å². The molecule has 296 valence electrons. The van der Waals surface area contributed by atoms with Crippen LogP contribution in [-0.2, 0) is 9.59 Å². The Bertz CT molecular complexity index is 1940. The van der Waals surface area contributed by atoms with Crippen molar-refractivity contribution in [3.05, 3.63) is 94.6 Å². The summed E-state index contributed by atoms with van der Waals surface area (Å²) >= 11 is 0. The molecule has 0 radical (unpaired) electrons. The van der Waals surface area contributed by atoms with Gasteiger partial charge in [0.05, 0.1) is 35.2 Å². The van der Waals surface area contributed by atoms with Gasteiger partial charge in [-0.15, -0.1) is 0 Å². The lowest BCUT2D eigenvalue weighted by molar-refractivity contribution is -0.134. The van der Waals surface area contributed by atoms with Crippen molar-refractivity contribution >= 4 is 23.8 Å². The Kier molecular flexibility index (Phi) is 11.5. The first kappa shape index (κ1) is 39.0. The quantitative estimate of drug-likeness (QED) is 0.168. The van der Waals surface area contributed by atoms with Crippen molar-refractivity contribution in [3.63, 3.8) is 0 Å². The van der Waals surface area contributed by atoms with Crippen LogP contribution in [0.25, 0.3) is 11.4 Å². The molecule has 8 rings (SSSR count). The fourth-order valence-electron chi connectivity index (χ4n) is 8.94. The van der Waals surface area contributed by atoms with Crippen LogP contribution in [0, 0.1) is 11.8 Å². The largest absolute Gasteiger partial charge is 0.478 e. The lowest BCUT2D eigenvalue weighted by Crippen LogP contribution is -2.32. The molecule has 2 aromatic carbocycles. The van der Waals surface area contributed by atoms with Crippen LogP contribution in [0.4, 0.5) is 0 Å². The third kappa shape index (κ3) is 8.44. The third-order valence-electron chi connectivity index (χ3n) is 12.1. The van der Waals surface area contributed by atoms with Gasteiger partial charge in [-0.25, -0.2) is 19.0 Å². The second kappa shape index (κ2) is 16.5. The molecule has 2 aromatic heterocycles. The van der Waals surface area contributed by atoms with Gasteiger partial charge in [0.25, 0.3) is 0 Å². The average molecular weight is 763 g/mol. The van der Waals surface area contributed by atoms with Crippen LogP contribution in [0.15, 0.2) is 60.9 Å². The van der Waals surface area contributed by atoms with Gasteiger partial charge in [0.15, 0.2) is 0 Å². The molecular formula is C44H54N6O6. The van der Waals surface area contributed by atoms with Gasteiger partial charge in [0.2, 0.25) is 11.8 Å². The molecule has 0 bridgehead atoms. The van der Waals surface area contributed by atoms with E-state index in [1.54, 1.807) is 19.2 Å². The summed E-state index contributed by atoms with van der Waals surface area (Å²) < 4.78 is 3.60. The van der Waals surface area contributed by atoms with Crippen LogP contribution < -0.4 is 0 Å². The fourth-order valence-corrected chi connectivity index (χ4v) is 8.94. The van der Waals surface area contributed by atoms with Gasteiger partial charge in [-0.1, -0.05) is 37.1 Å². The van der Waals surface area contributed by atoms with Gasteiger partial charge in [-0.3, -0.25) is 9.59 Å². The van der Waals surface area contributed by atoms with Gasteiger partial charge in [0.1, 0.15) is 11.1 Å². The number of aromatic nitrogens is 4. The number of amides is 2. The predicted octanol–water partition coefficient (Wildman–Crippen LogP) is 7.62. The minimum Gasteiger partial charge on any atom is -0.478 e. The van der Waals surface area contributed by atoms with E-state index in [2.05, 4.69) is 34.5 Å². The average Bonchev–Trinajstić information content (AvgIpc) is 4.15. The first-order valence-corrected chi connectivity index (χ1v) is 20.2. The molecule has 56 heavy (non-hydrogen) atoms. The van der Waals surface area contributed by atoms with Gasteiger partial charge in [-0.05, 0) is 111 Å². The van der Waals surface area contributed by atoms with Crippen LogP contribution in [0.3, 0.4) is 0 Å². The lowest BCUT2D eigenvalue weighted by Gasteiger charge is -2.30. The number of benzene rings is 2. The van der Waals surface area contributed by atoms with E-state index in [0.29, 0.717) is 23.0 Å². The number of carbonyl (C=O) groups is 4. The molecule has 4 atom stereocenters. The molecule has 0 unspecified atom stereocenters. The molecule has 4 aliphatic rings. The highest BCUT2D eigenvalue weighted by atomic mass is 16.4. The summed E-state index contributed by atoms with van der Waals surface area (Å²) in [5, 5.41) is 27.8. The number of rotatable bonds is 10. The van der Waals surface area contributed by atoms with Crippen LogP contribution in [0.5, 0.6) is 0 Å². The molecule has 4 aliphatic carbocycles. The number of hydrogen-bond donors (Lipinski definition) is 2. The Morgan fingerprint density at radius 3 is 1.30 bits per heavy atom. The molecule has 4 saturated carbocycles. The molecule has 0 saturated heterocycles. The van der Waals surface area contributed by atoms with Crippen molar-refractivity contribution < 1.29 is 29.4 Å². The molecule has 0 aliphatic heterocycles. The molecular weight excluding hydrogens is 709 g/mol. The van der Waals surface area contributed by atoms with E-state index in [1.165, 1.54) is 23.5 Å². The highest BCUT2D eigenvalue weighted by molar-refractivity contribution is 5.90. The molecule has 4 fully saturated rings. The van der Waals surface area contributed by atoms with Crippen LogP contribution >= 0.6 is 0 Å². The summed E-state index contributed by atoms with van der Waals surface area (Å²) in [6.45, 7) is 0. The number of carbonyl (C=O) groups excluding carboxylic acids is 2. The van der Waals surface area contributed by atoms with Crippen molar-refractivity contribution in [2.45, 2.75) is 101 Å². The van der Waals surface area contributed by atoms with Crippen molar-refractivity contribution in [2.24, 2.45) is 11.8 Å². The number of hydrogen-bond acceptors (Lipinski definition) is 6. The standard InChI is InChI=1S/2C22H27N3O3/c2*1-24(2)21(26)17-7-3-5-15(11-17)16-6-4-8-18(12-16)25-20(14-9-10-14)19(13-23-25)22(27)28/h2*4,6,8,12-15,17H,3,5,7,9-11H2,1-2H3,(H,27,28)/t2*15-,17+/m10/s1. The van der Waals surface area contributed by atoms with Gasteiger partial charge < -0.3 is 20.0 Å². The summed E-state index contributed by atoms with van der Waals surface area (Å²) in [6.07, 6.45) is 14.9. The summed E-state index contributed by atoms with van der Waals surface area (Å²) in [7, 11) is 7.29. The second-order valence-electron chi connectivity index (χ2n) is 16.6. The SMILES string of the molecule is CN(C)C(=O)[C@@H]1CCC[C@H](c2cccc(-n3ncc(C(=O)O)c3C3CC3)c2)C1.CN(C)C(=O)[C@H]1CCC[C@@H](c2cccc(-n3ncc(C(=O)O)c3C3CC3)c2)C1. The fraction of sp³-hybridized carbons (Fsp3) is 0.500. The summed E-state index contributed by atoms with van der Waals surface area (Å²) in [5.41, 5.74) is 6.49. The van der Waals surface area contributed by atoms with Crippen molar-refractivity contribution in [1.82, 2.24) is 29.4 Å².